The molecule has 0 amide bonds. The highest BCUT2D eigenvalue weighted by Gasteiger charge is 2.50. The SMILES string of the molecule is ClC1=C(Cl)C(Cl)(C(Cl)(Cl)Cl)C=CN1. The highest BCUT2D eigenvalue weighted by Crippen LogP contribution is 2.51. The van der Waals surface area contributed by atoms with E-state index in [-0.39, 0.29) is 10.2 Å². The Kier molecular flexibility index (Phi) is 3.61. The Hall–Kier alpha value is 1.02. The lowest BCUT2D eigenvalue weighted by Crippen LogP contribution is -2.39. The fourth-order valence-electron chi connectivity index (χ4n) is 0.745. The van der Waals surface area contributed by atoms with Crippen LogP contribution in [-0.4, -0.2) is 8.67 Å². The molecule has 0 fully saturated rings. The van der Waals surface area contributed by atoms with Gasteiger partial charge in [0, 0.05) is 6.20 Å². The number of alkyl halides is 4. The number of nitrogens with one attached hydrogen (secondary N) is 1. The van der Waals surface area contributed by atoms with Crippen LogP contribution in [0, 0.1) is 0 Å². The number of halogens is 6. The molecule has 7 heteroatoms. The predicted molar refractivity (Wildman–Crippen MR) is 59.9 cm³/mol. The van der Waals surface area contributed by atoms with Crippen molar-refractivity contribution in [2.45, 2.75) is 8.67 Å². The number of dihydropyridines is 1. The Balaban J connectivity index is 3.16. The van der Waals surface area contributed by atoms with E-state index in [1.165, 1.54) is 12.3 Å². The maximum atomic E-state index is 6.00. The van der Waals surface area contributed by atoms with Crippen LogP contribution in [0.5, 0.6) is 0 Å². The molecule has 1 atom stereocenters. The van der Waals surface area contributed by atoms with E-state index in [9.17, 15) is 0 Å². The molecule has 1 rings (SSSR count). The summed E-state index contributed by atoms with van der Waals surface area (Å²) in [7, 11) is 0. The Morgan fingerprint density at radius 3 is 2.15 bits per heavy atom. The molecule has 1 aliphatic heterocycles. The molecule has 74 valence electrons. The molecule has 0 saturated carbocycles. The van der Waals surface area contributed by atoms with Gasteiger partial charge in [-0.15, -0.1) is 11.6 Å². The first-order valence-corrected chi connectivity index (χ1v) is 5.31. The number of rotatable bonds is 0. The van der Waals surface area contributed by atoms with Crippen LogP contribution < -0.4 is 5.32 Å². The molecule has 0 spiro atoms. The van der Waals surface area contributed by atoms with Crippen molar-refractivity contribution in [3.05, 3.63) is 22.5 Å². The van der Waals surface area contributed by atoms with E-state index >= 15 is 0 Å². The highest BCUT2D eigenvalue weighted by molar-refractivity contribution is 6.72. The molecular weight excluding hydrogens is 299 g/mol. The maximum Gasteiger partial charge on any atom is 0.218 e. The van der Waals surface area contributed by atoms with Gasteiger partial charge in [-0.2, -0.15) is 0 Å². The quantitative estimate of drug-likeness (QED) is 0.525. The van der Waals surface area contributed by atoms with Crippen molar-refractivity contribution < 1.29 is 0 Å². The molecule has 0 aromatic rings. The van der Waals surface area contributed by atoms with Crippen molar-refractivity contribution in [3.8, 4) is 0 Å². The summed E-state index contributed by atoms with van der Waals surface area (Å²) in [5.74, 6) is 0. The summed E-state index contributed by atoms with van der Waals surface area (Å²) in [6.07, 6.45) is 2.89. The minimum atomic E-state index is -1.76. The van der Waals surface area contributed by atoms with Crippen LogP contribution in [-0.2, 0) is 0 Å². The third-order valence-electron chi connectivity index (χ3n) is 1.45. The topological polar surface area (TPSA) is 12.0 Å². The second-order valence-electron chi connectivity index (χ2n) is 2.32. The second-order valence-corrected chi connectivity index (χ2v) is 5.95. The standard InChI is InChI=1S/C6H3Cl6N/c7-3-4(8)13-2-1-5(3,9)6(10,11)12/h1-2,13H. The van der Waals surface area contributed by atoms with E-state index in [4.69, 9.17) is 69.6 Å². The number of hydrogen-bond acceptors (Lipinski definition) is 1. The molecule has 0 aromatic heterocycles. The molecule has 0 saturated heterocycles. The monoisotopic (exact) mass is 299 g/mol. The Morgan fingerprint density at radius 1 is 1.23 bits per heavy atom. The normalized spacial score (nSPS) is 29.1. The van der Waals surface area contributed by atoms with E-state index in [2.05, 4.69) is 5.32 Å². The number of hydrogen-bond donors (Lipinski definition) is 1. The van der Waals surface area contributed by atoms with E-state index < -0.39 is 8.67 Å². The Bertz CT molecular complexity index is 277. The summed E-state index contributed by atoms with van der Waals surface area (Å²) in [5.41, 5.74) is 0. The molecule has 0 radical (unpaired) electrons. The largest absolute Gasteiger partial charge is 0.352 e. The molecule has 13 heavy (non-hydrogen) atoms. The van der Waals surface area contributed by atoms with Gasteiger partial charge in [-0.3, -0.25) is 0 Å². The van der Waals surface area contributed by atoms with Crippen LogP contribution in [0.15, 0.2) is 22.5 Å². The summed E-state index contributed by atoms with van der Waals surface area (Å²) in [5, 5.41) is 2.83. The third-order valence-corrected chi connectivity index (χ3v) is 4.21. The summed E-state index contributed by atoms with van der Waals surface area (Å²) >= 11 is 34.5. The molecular formula is C6H3Cl6N. The van der Waals surface area contributed by atoms with Crippen molar-refractivity contribution in [1.82, 2.24) is 5.32 Å². The fraction of sp³-hybridized carbons (Fsp3) is 0.333. The zero-order chi connectivity index (χ0) is 10.3. The fourth-order valence-corrected chi connectivity index (χ4v) is 2.04. The van der Waals surface area contributed by atoms with Gasteiger partial charge < -0.3 is 5.32 Å². The zero-order valence-electron chi connectivity index (χ0n) is 5.92. The zero-order valence-corrected chi connectivity index (χ0v) is 10.5. The minimum absolute atomic E-state index is 0.0540. The van der Waals surface area contributed by atoms with Crippen LogP contribution >= 0.6 is 69.6 Å². The first-order chi connectivity index (χ1) is 5.79. The van der Waals surface area contributed by atoms with Crippen LogP contribution in [0.3, 0.4) is 0 Å². The minimum Gasteiger partial charge on any atom is -0.352 e. The van der Waals surface area contributed by atoms with E-state index in [0.29, 0.717) is 0 Å². The average Bonchev–Trinajstić information content (AvgIpc) is 1.98. The second kappa shape index (κ2) is 3.88. The molecule has 1 aliphatic rings. The van der Waals surface area contributed by atoms with Crippen molar-refractivity contribution in [3.63, 3.8) is 0 Å². The molecule has 1 heterocycles. The van der Waals surface area contributed by atoms with Crippen molar-refractivity contribution in [2.75, 3.05) is 0 Å². The summed E-state index contributed by atoms with van der Waals surface area (Å²) < 4.78 is -1.76. The van der Waals surface area contributed by atoms with Crippen LogP contribution in [0.25, 0.3) is 0 Å². The lowest BCUT2D eigenvalue weighted by molar-refractivity contribution is 0.828. The third kappa shape index (κ3) is 2.17. The van der Waals surface area contributed by atoms with E-state index in [0.717, 1.165) is 0 Å². The van der Waals surface area contributed by atoms with E-state index in [1.807, 2.05) is 0 Å². The molecule has 1 unspecified atom stereocenters. The lowest BCUT2D eigenvalue weighted by atomic mass is 10.1. The Morgan fingerprint density at radius 2 is 1.77 bits per heavy atom. The number of allylic oxidation sites excluding steroid dienone is 2. The lowest BCUT2D eigenvalue weighted by Gasteiger charge is -2.33. The van der Waals surface area contributed by atoms with Gasteiger partial charge in [-0.25, -0.2) is 0 Å². The first-order valence-electron chi connectivity index (χ1n) is 3.04. The Labute approximate surface area is 106 Å². The van der Waals surface area contributed by atoms with Gasteiger partial charge in [-0.05, 0) is 6.08 Å². The molecule has 0 bridgehead atoms. The summed E-state index contributed by atoms with van der Waals surface area (Å²) in [6, 6.07) is 0. The average molecular weight is 302 g/mol. The molecule has 0 aromatic carbocycles. The summed E-state index contributed by atoms with van der Waals surface area (Å²) in [4.78, 5) is -1.42. The van der Waals surface area contributed by atoms with Crippen molar-refractivity contribution >= 4 is 69.6 Å². The van der Waals surface area contributed by atoms with Gasteiger partial charge >= 0.3 is 0 Å². The molecule has 0 aliphatic carbocycles. The predicted octanol–water partition coefficient (Wildman–Crippen LogP) is 4.10. The van der Waals surface area contributed by atoms with E-state index in [1.54, 1.807) is 0 Å². The molecule has 1 N–H and O–H groups in total. The van der Waals surface area contributed by atoms with Gasteiger partial charge in [-0.1, -0.05) is 58.0 Å². The van der Waals surface area contributed by atoms with Crippen molar-refractivity contribution in [1.29, 1.82) is 0 Å². The first kappa shape index (κ1) is 12.1. The van der Waals surface area contributed by atoms with Crippen LogP contribution in [0.4, 0.5) is 0 Å². The van der Waals surface area contributed by atoms with Gasteiger partial charge in [0.25, 0.3) is 0 Å². The highest BCUT2D eigenvalue weighted by atomic mass is 35.6. The van der Waals surface area contributed by atoms with Gasteiger partial charge in [0.05, 0.1) is 5.03 Å². The maximum absolute atomic E-state index is 6.00. The van der Waals surface area contributed by atoms with Crippen LogP contribution in [0.2, 0.25) is 0 Å². The smallest absolute Gasteiger partial charge is 0.218 e. The van der Waals surface area contributed by atoms with Crippen molar-refractivity contribution in [2.24, 2.45) is 0 Å². The van der Waals surface area contributed by atoms with Gasteiger partial charge in [0.2, 0.25) is 3.79 Å². The van der Waals surface area contributed by atoms with Gasteiger partial charge in [0.15, 0.2) is 0 Å². The van der Waals surface area contributed by atoms with Gasteiger partial charge in [0.1, 0.15) is 10.0 Å². The summed E-state index contributed by atoms with van der Waals surface area (Å²) in [6.45, 7) is 0. The van der Waals surface area contributed by atoms with Crippen LogP contribution in [0.1, 0.15) is 0 Å². The molecule has 1 nitrogen and oxygen atoms in total.